The molecule has 2 heterocycles. The lowest BCUT2D eigenvalue weighted by molar-refractivity contribution is -0.121. The van der Waals surface area contributed by atoms with Gasteiger partial charge >= 0.3 is 0 Å². The minimum absolute atomic E-state index is 0.0512. The van der Waals surface area contributed by atoms with Crippen molar-refractivity contribution in [2.75, 3.05) is 12.1 Å². The Balaban J connectivity index is 1.39. The number of ether oxygens (including phenoxy) is 2. The molecule has 5 nitrogen and oxygen atoms in total. The van der Waals surface area contributed by atoms with Crippen LogP contribution in [0, 0.1) is 5.92 Å². The smallest absolute Gasteiger partial charge is 0.231 e. The molecule has 0 saturated heterocycles. The molecule has 5 rings (SSSR count). The summed E-state index contributed by atoms with van der Waals surface area (Å²) in [6, 6.07) is 13.7. The number of rotatable bonds is 3. The molecule has 0 unspecified atom stereocenters. The highest BCUT2D eigenvalue weighted by Crippen LogP contribution is 2.41. The molecular formula is C21H20N2O3S. The molecule has 2 aromatic carbocycles. The maximum atomic E-state index is 13.1. The molecule has 1 saturated carbocycles. The quantitative estimate of drug-likeness (QED) is 0.699. The molecule has 1 aromatic heterocycles. The summed E-state index contributed by atoms with van der Waals surface area (Å²) in [5.41, 5.74) is 1.77. The average Bonchev–Trinajstić information content (AvgIpc) is 3.34. The number of nitrogens with one attached hydrogen (secondary N) is 1. The molecular weight excluding hydrogens is 360 g/mol. The van der Waals surface area contributed by atoms with Gasteiger partial charge in [0.05, 0.1) is 15.2 Å². The highest BCUT2D eigenvalue weighted by Gasteiger charge is 2.34. The monoisotopic (exact) mass is 380 g/mol. The van der Waals surface area contributed by atoms with E-state index in [1.54, 1.807) is 11.3 Å². The summed E-state index contributed by atoms with van der Waals surface area (Å²) in [5.74, 6) is 1.60. The number of benzene rings is 2. The summed E-state index contributed by atoms with van der Waals surface area (Å²) in [5, 5.41) is 4.16. The van der Waals surface area contributed by atoms with Crippen molar-refractivity contribution in [1.29, 1.82) is 0 Å². The first-order valence-electron chi connectivity index (χ1n) is 9.34. The first-order valence-corrected chi connectivity index (χ1v) is 10.2. The second-order valence-corrected chi connectivity index (χ2v) is 8.14. The molecule has 1 aliphatic carbocycles. The Hall–Kier alpha value is -2.60. The summed E-state index contributed by atoms with van der Waals surface area (Å²) in [6.45, 7) is 0.231. The zero-order valence-corrected chi connectivity index (χ0v) is 15.6. The van der Waals surface area contributed by atoms with E-state index >= 15 is 0 Å². The molecule has 1 N–H and O–H groups in total. The largest absolute Gasteiger partial charge is 0.454 e. The molecule has 0 spiro atoms. The lowest BCUT2D eigenvalue weighted by Gasteiger charge is -2.29. The van der Waals surface area contributed by atoms with Crippen LogP contribution in [0.3, 0.4) is 0 Å². The summed E-state index contributed by atoms with van der Waals surface area (Å²) in [6.07, 6.45) is 4.14. The number of aromatic nitrogens is 1. The van der Waals surface area contributed by atoms with E-state index in [4.69, 9.17) is 14.5 Å². The third-order valence-corrected chi connectivity index (χ3v) is 6.54. The predicted molar refractivity (Wildman–Crippen MR) is 106 cm³/mol. The van der Waals surface area contributed by atoms with E-state index in [0.29, 0.717) is 5.75 Å². The Morgan fingerprint density at radius 2 is 1.93 bits per heavy atom. The van der Waals surface area contributed by atoms with Gasteiger partial charge in [0.25, 0.3) is 0 Å². The van der Waals surface area contributed by atoms with E-state index < -0.39 is 0 Å². The molecule has 0 radical (unpaired) electrons. The Kier molecular flexibility index (Phi) is 4.20. The molecule has 0 bridgehead atoms. The average molecular weight is 380 g/mol. The summed E-state index contributed by atoms with van der Waals surface area (Å²) >= 11 is 1.72. The minimum Gasteiger partial charge on any atom is -0.454 e. The number of para-hydroxylation sites is 1. The van der Waals surface area contributed by atoms with Gasteiger partial charge in [-0.2, -0.15) is 0 Å². The van der Waals surface area contributed by atoms with Gasteiger partial charge in [-0.3, -0.25) is 4.79 Å². The van der Waals surface area contributed by atoms with Crippen LogP contribution in [0.1, 0.15) is 36.6 Å². The lowest BCUT2D eigenvalue weighted by atomic mass is 9.79. The fraction of sp³-hybridized carbons (Fsp3) is 0.333. The van der Waals surface area contributed by atoms with Gasteiger partial charge in [-0.05, 0) is 37.1 Å². The topological polar surface area (TPSA) is 60.5 Å². The van der Waals surface area contributed by atoms with Crippen molar-refractivity contribution in [2.24, 2.45) is 5.92 Å². The van der Waals surface area contributed by atoms with Crippen LogP contribution in [-0.2, 0) is 4.79 Å². The number of carbonyl (C=O) groups excluding carboxylic acids is 1. The van der Waals surface area contributed by atoms with Crippen molar-refractivity contribution in [3.63, 3.8) is 0 Å². The Morgan fingerprint density at radius 3 is 2.85 bits per heavy atom. The van der Waals surface area contributed by atoms with Gasteiger partial charge in [0.1, 0.15) is 0 Å². The number of fused-ring (bicyclic) bond motifs is 2. The number of amides is 1. The number of hydrogen-bond acceptors (Lipinski definition) is 5. The van der Waals surface area contributed by atoms with E-state index in [-0.39, 0.29) is 24.5 Å². The van der Waals surface area contributed by atoms with Gasteiger partial charge in [-0.15, -0.1) is 11.3 Å². The molecule has 138 valence electrons. The van der Waals surface area contributed by atoms with Gasteiger partial charge in [0, 0.05) is 23.6 Å². The third-order valence-electron chi connectivity index (χ3n) is 5.37. The minimum atomic E-state index is -0.0512. The zero-order valence-electron chi connectivity index (χ0n) is 14.8. The van der Waals surface area contributed by atoms with Gasteiger partial charge in [-0.1, -0.05) is 25.0 Å². The van der Waals surface area contributed by atoms with Crippen LogP contribution in [0.4, 0.5) is 5.69 Å². The van der Waals surface area contributed by atoms with E-state index in [9.17, 15) is 4.79 Å². The third kappa shape index (κ3) is 3.14. The van der Waals surface area contributed by atoms with Crippen LogP contribution in [0.2, 0.25) is 0 Å². The molecule has 2 aliphatic rings. The number of carbonyl (C=O) groups is 1. The first-order chi connectivity index (χ1) is 13.3. The molecule has 1 aliphatic heterocycles. The fourth-order valence-electron chi connectivity index (χ4n) is 4.00. The van der Waals surface area contributed by atoms with Gasteiger partial charge in [-0.25, -0.2) is 4.98 Å². The van der Waals surface area contributed by atoms with Crippen molar-refractivity contribution < 1.29 is 14.3 Å². The van der Waals surface area contributed by atoms with Gasteiger partial charge in [0.2, 0.25) is 12.7 Å². The normalized spacial score (nSPS) is 21.3. The Morgan fingerprint density at radius 1 is 1.07 bits per heavy atom. The van der Waals surface area contributed by atoms with E-state index in [1.807, 2.05) is 36.4 Å². The van der Waals surface area contributed by atoms with Crippen LogP contribution < -0.4 is 14.8 Å². The van der Waals surface area contributed by atoms with E-state index in [0.717, 1.165) is 47.6 Å². The SMILES string of the molecule is O=C(Nc1ccc2c(c1)OCO2)[C@H]1CCCC[C@@H]1c1nc2ccccc2s1. The Labute approximate surface area is 161 Å². The maximum Gasteiger partial charge on any atom is 0.231 e. The van der Waals surface area contributed by atoms with Crippen LogP contribution in [0.15, 0.2) is 42.5 Å². The number of thiazole rings is 1. The second kappa shape index (κ2) is 6.85. The summed E-state index contributed by atoms with van der Waals surface area (Å²) in [7, 11) is 0. The highest BCUT2D eigenvalue weighted by molar-refractivity contribution is 7.18. The molecule has 27 heavy (non-hydrogen) atoms. The van der Waals surface area contributed by atoms with Gasteiger partial charge in [0.15, 0.2) is 11.5 Å². The van der Waals surface area contributed by atoms with Crippen LogP contribution >= 0.6 is 11.3 Å². The fourth-order valence-corrected chi connectivity index (χ4v) is 5.17. The Bertz CT molecular complexity index is 967. The number of hydrogen-bond donors (Lipinski definition) is 1. The zero-order chi connectivity index (χ0) is 18.2. The molecule has 6 heteroatoms. The highest BCUT2D eigenvalue weighted by atomic mass is 32.1. The van der Waals surface area contributed by atoms with Crippen molar-refractivity contribution in [2.45, 2.75) is 31.6 Å². The molecule has 1 amide bonds. The van der Waals surface area contributed by atoms with Crippen molar-refractivity contribution >= 4 is 33.1 Å². The number of nitrogens with zero attached hydrogens (tertiary/aromatic N) is 1. The van der Waals surface area contributed by atoms with Crippen molar-refractivity contribution in [3.05, 3.63) is 47.5 Å². The number of anilines is 1. The van der Waals surface area contributed by atoms with Crippen LogP contribution in [0.25, 0.3) is 10.2 Å². The van der Waals surface area contributed by atoms with Crippen LogP contribution in [-0.4, -0.2) is 17.7 Å². The summed E-state index contributed by atoms with van der Waals surface area (Å²) in [4.78, 5) is 17.9. The lowest BCUT2D eigenvalue weighted by Crippen LogP contribution is -2.30. The predicted octanol–water partition coefficient (Wildman–Crippen LogP) is 4.94. The second-order valence-electron chi connectivity index (χ2n) is 7.07. The van der Waals surface area contributed by atoms with E-state index in [1.165, 1.54) is 4.70 Å². The van der Waals surface area contributed by atoms with Crippen LogP contribution in [0.5, 0.6) is 11.5 Å². The molecule has 2 atom stereocenters. The standard InChI is InChI=1S/C21H20N2O3S/c24-20(22-13-9-10-17-18(11-13)26-12-25-17)14-5-1-2-6-15(14)21-23-16-7-3-4-8-19(16)27-21/h3-4,7-11,14-15H,1-2,5-6,12H2,(H,22,24)/t14-,15-/m0/s1. The maximum absolute atomic E-state index is 13.1. The summed E-state index contributed by atoms with van der Waals surface area (Å²) < 4.78 is 11.9. The van der Waals surface area contributed by atoms with Crippen molar-refractivity contribution in [3.8, 4) is 11.5 Å². The molecule has 3 aromatic rings. The first kappa shape index (κ1) is 16.6. The van der Waals surface area contributed by atoms with E-state index in [2.05, 4.69) is 11.4 Å². The van der Waals surface area contributed by atoms with Crippen molar-refractivity contribution in [1.82, 2.24) is 4.98 Å². The van der Waals surface area contributed by atoms with Gasteiger partial charge < -0.3 is 14.8 Å². The molecule has 1 fully saturated rings.